The van der Waals surface area contributed by atoms with Gasteiger partial charge in [0.1, 0.15) is 5.60 Å². The van der Waals surface area contributed by atoms with E-state index in [0.29, 0.717) is 0 Å². The summed E-state index contributed by atoms with van der Waals surface area (Å²) in [5.41, 5.74) is 0.0434. The molecule has 1 fully saturated rings. The first-order chi connectivity index (χ1) is 5.83. The van der Waals surface area contributed by atoms with E-state index in [4.69, 9.17) is 4.74 Å². The van der Waals surface area contributed by atoms with E-state index in [0.717, 1.165) is 19.3 Å². The fraction of sp³-hybridized carbons (Fsp3) is 0.636. The molecule has 68 valence electrons. The predicted octanol–water partition coefficient (Wildman–Crippen LogP) is 3.43. The van der Waals surface area contributed by atoms with Crippen molar-refractivity contribution in [2.75, 3.05) is 0 Å². The quantitative estimate of drug-likeness (QED) is 0.459. The lowest BCUT2D eigenvalue weighted by Crippen LogP contribution is -2.32. The zero-order chi connectivity index (χ0) is 8.86. The monoisotopic (exact) mass is 166 g/mol. The lowest BCUT2D eigenvalue weighted by atomic mass is 9.82. The molecule has 0 bridgehead atoms. The predicted molar refractivity (Wildman–Crippen MR) is 51.9 cm³/mol. The maximum Gasteiger partial charge on any atom is 0.112 e. The molecule has 0 spiro atoms. The van der Waals surface area contributed by atoms with Crippen molar-refractivity contribution in [2.24, 2.45) is 0 Å². The summed E-state index contributed by atoms with van der Waals surface area (Å²) in [6, 6.07) is 0. The minimum absolute atomic E-state index is 0.0434. The molecule has 0 aromatic carbocycles. The molecule has 0 unspecified atom stereocenters. The zero-order valence-electron chi connectivity index (χ0n) is 7.72. The van der Waals surface area contributed by atoms with Gasteiger partial charge in [-0.05, 0) is 25.7 Å². The Morgan fingerprint density at radius 3 is 2.33 bits per heavy atom. The Morgan fingerprint density at radius 2 is 1.83 bits per heavy atom. The van der Waals surface area contributed by atoms with Crippen LogP contribution in [0.15, 0.2) is 25.5 Å². The molecule has 0 amide bonds. The van der Waals surface area contributed by atoms with Gasteiger partial charge in [0.05, 0.1) is 6.26 Å². The average molecular weight is 166 g/mol. The van der Waals surface area contributed by atoms with Crippen molar-refractivity contribution >= 4 is 0 Å². The highest BCUT2D eigenvalue weighted by Gasteiger charge is 2.31. The third kappa shape index (κ3) is 2.13. The molecular weight excluding hydrogens is 148 g/mol. The Morgan fingerprint density at radius 1 is 1.17 bits per heavy atom. The Balaban J connectivity index is 2.55. The van der Waals surface area contributed by atoms with Gasteiger partial charge in [-0.1, -0.05) is 19.1 Å². The molecular formula is C11H18O. The fourth-order valence-electron chi connectivity index (χ4n) is 2.01. The SMILES string of the molecule is C=CCC1(OC=C)CCCCC1. The highest BCUT2D eigenvalue weighted by molar-refractivity contribution is 4.91. The molecule has 1 saturated carbocycles. The summed E-state index contributed by atoms with van der Waals surface area (Å²) in [4.78, 5) is 0. The summed E-state index contributed by atoms with van der Waals surface area (Å²) in [6.45, 7) is 7.39. The maximum atomic E-state index is 5.60. The minimum atomic E-state index is 0.0434. The van der Waals surface area contributed by atoms with Crippen molar-refractivity contribution in [3.8, 4) is 0 Å². The molecule has 0 radical (unpaired) electrons. The summed E-state index contributed by atoms with van der Waals surface area (Å²) >= 11 is 0. The third-order valence-electron chi connectivity index (χ3n) is 2.61. The van der Waals surface area contributed by atoms with Gasteiger partial charge in [0.25, 0.3) is 0 Å². The first-order valence-electron chi connectivity index (χ1n) is 4.73. The minimum Gasteiger partial charge on any atom is -0.495 e. The van der Waals surface area contributed by atoms with Crippen LogP contribution in [0.2, 0.25) is 0 Å². The van der Waals surface area contributed by atoms with Crippen LogP contribution in [0.4, 0.5) is 0 Å². The summed E-state index contributed by atoms with van der Waals surface area (Å²) in [5.74, 6) is 0. The van der Waals surface area contributed by atoms with Crippen LogP contribution in [0.1, 0.15) is 38.5 Å². The average Bonchev–Trinajstić information content (AvgIpc) is 2.07. The van der Waals surface area contributed by atoms with Crippen molar-refractivity contribution < 1.29 is 4.74 Å². The molecule has 1 nitrogen and oxygen atoms in total. The van der Waals surface area contributed by atoms with Gasteiger partial charge in [0.15, 0.2) is 0 Å². The summed E-state index contributed by atoms with van der Waals surface area (Å²) < 4.78 is 5.60. The lowest BCUT2D eigenvalue weighted by molar-refractivity contribution is -0.00795. The standard InChI is InChI=1S/C11H18O/c1-3-8-11(12-4-2)9-6-5-7-10-11/h3-4H,1-2,5-10H2. The third-order valence-corrected chi connectivity index (χ3v) is 2.61. The van der Waals surface area contributed by atoms with Crippen LogP contribution in [0.25, 0.3) is 0 Å². The second kappa shape index (κ2) is 4.34. The Labute approximate surface area is 75.1 Å². The van der Waals surface area contributed by atoms with Crippen molar-refractivity contribution in [3.63, 3.8) is 0 Å². The summed E-state index contributed by atoms with van der Waals surface area (Å²) in [7, 11) is 0. The van der Waals surface area contributed by atoms with E-state index in [1.807, 2.05) is 6.08 Å². The molecule has 0 heterocycles. The maximum absolute atomic E-state index is 5.60. The van der Waals surface area contributed by atoms with Gasteiger partial charge in [0, 0.05) is 6.42 Å². The lowest BCUT2D eigenvalue weighted by Gasteiger charge is -2.35. The van der Waals surface area contributed by atoms with Crippen LogP contribution in [-0.2, 0) is 4.74 Å². The van der Waals surface area contributed by atoms with E-state index in [9.17, 15) is 0 Å². The molecule has 0 N–H and O–H groups in total. The van der Waals surface area contributed by atoms with E-state index in [1.165, 1.54) is 19.3 Å². The molecule has 0 aliphatic heterocycles. The van der Waals surface area contributed by atoms with Gasteiger partial charge in [-0.25, -0.2) is 0 Å². The highest BCUT2D eigenvalue weighted by Crippen LogP contribution is 2.34. The molecule has 1 heteroatoms. The molecule has 0 aromatic heterocycles. The normalized spacial score (nSPS) is 21.3. The molecule has 0 aromatic rings. The van der Waals surface area contributed by atoms with Gasteiger partial charge in [-0.2, -0.15) is 0 Å². The van der Waals surface area contributed by atoms with Crippen molar-refractivity contribution in [1.29, 1.82) is 0 Å². The van der Waals surface area contributed by atoms with Crippen molar-refractivity contribution in [3.05, 3.63) is 25.5 Å². The molecule has 0 atom stereocenters. The zero-order valence-corrected chi connectivity index (χ0v) is 7.72. The van der Waals surface area contributed by atoms with E-state index in [1.54, 1.807) is 6.26 Å². The molecule has 1 aliphatic carbocycles. The van der Waals surface area contributed by atoms with Crippen LogP contribution in [0, 0.1) is 0 Å². The van der Waals surface area contributed by atoms with Gasteiger partial charge in [0.2, 0.25) is 0 Å². The van der Waals surface area contributed by atoms with E-state index >= 15 is 0 Å². The number of hydrogen-bond acceptors (Lipinski definition) is 1. The van der Waals surface area contributed by atoms with E-state index in [-0.39, 0.29) is 5.60 Å². The van der Waals surface area contributed by atoms with Crippen LogP contribution < -0.4 is 0 Å². The Hall–Kier alpha value is -0.720. The van der Waals surface area contributed by atoms with Gasteiger partial charge >= 0.3 is 0 Å². The van der Waals surface area contributed by atoms with Crippen LogP contribution in [0.5, 0.6) is 0 Å². The second-order valence-corrected chi connectivity index (χ2v) is 3.52. The molecule has 12 heavy (non-hydrogen) atoms. The van der Waals surface area contributed by atoms with Crippen LogP contribution in [-0.4, -0.2) is 5.60 Å². The number of hydrogen-bond donors (Lipinski definition) is 0. The van der Waals surface area contributed by atoms with Crippen LogP contribution in [0.3, 0.4) is 0 Å². The number of rotatable bonds is 4. The Bertz CT molecular complexity index is 142. The van der Waals surface area contributed by atoms with Crippen LogP contribution >= 0.6 is 0 Å². The Kier molecular flexibility index (Phi) is 3.39. The largest absolute Gasteiger partial charge is 0.495 e. The van der Waals surface area contributed by atoms with Gasteiger partial charge in [-0.3, -0.25) is 0 Å². The van der Waals surface area contributed by atoms with Crippen molar-refractivity contribution in [1.82, 2.24) is 0 Å². The second-order valence-electron chi connectivity index (χ2n) is 3.52. The van der Waals surface area contributed by atoms with Gasteiger partial charge < -0.3 is 4.74 Å². The fourth-order valence-corrected chi connectivity index (χ4v) is 2.01. The summed E-state index contributed by atoms with van der Waals surface area (Å²) in [6.07, 6.45) is 10.7. The topological polar surface area (TPSA) is 9.23 Å². The van der Waals surface area contributed by atoms with E-state index in [2.05, 4.69) is 13.2 Å². The first kappa shape index (κ1) is 9.37. The van der Waals surface area contributed by atoms with Crippen molar-refractivity contribution in [2.45, 2.75) is 44.1 Å². The van der Waals surface area contributed by atoms with Gasteiger partial charge in [-0.15, -0.1) is 6.58 Å². The molecule has 1 aliphatic rings. The first-order valence-corrected chi connectivity index (χ1v) is 4.73. The highest BCUT2D eigenvalue weighted by atomic mass is 16.5. The molecule has 1 rings (SSSR count). The summed E-state index contributed by atoms with van der Waals surface area (Å²) in [5, 5.41) is 0. The number of ether oxygens (including phenoxy) is 1. The molecule has 0 saturated heterocycles. The smallest absolute Gasteiger partial charge is 0.112 e. The van der Waals surface area contributed by atoms with E-state index < -0.39 is 0 Å².